The molecule has 0 aliphatic carbocycles. The second-order valence-corrected chi connectivity index (χ2v) is 5.08. The molecule has 1 unspecified atom stereocenters. The van der Waals surface area contributed by atoms with E-state index in [0.717, 1.165) is 32.1 Å². The van der Waals surface area contributed by atoms with E-state index in [2.05, 4.69) is 20.2 Å². The molecule has 1 aliphatic rings. The van der Waals surface area contributed by atoms with E-state index in [1.165, 1.54) is 0 Å². The number of rotatable bonds is 6. The van der Waals surface area contributed by atoms with Crippen molar-refractivity contribution in [3.8, 4) is 0 Å². The number of aliphatic hydroxyl groups excluding tert-OH is 1. The topological polar surface area (TPSA) is 73.8 Å². The second kappa shape index (κ2) is 7.37. The van der Waals surface area contributed by atoms with E-state index < -0.39 is 6.10 Å². The summed E-state index contributed by atoms with van der Waals surface area (Å²) in [4.78, 5) is 12.6. The van der Waals surface area contributed by atoms with Crippen molar-refractivity contribution in [2.24, 2.45) is 0 Å². The summed E-state index contributed by atoms with van der Waals surface area (Å²) in [7, 11) is 3.86. The first kappa shape index (κ1) is 15.0. The fraction of sp³-hybridized carbons (Fsp3) is 0.692. The minimum atomic E-state index is -0.445. The van der Waals surface area contributed by atoms with Gasteiger partial charge in [0.1, 0.15) is 5.82 Å². The highest BCUT2D eigenvalue weighted by Gasteiger charge is 2.15. The quantitative estimate of drug-likeness (QED) is 0.738. The average molecular weight is 281 g/mol. The highest BCUT2D eigenvalue weighted by atomic mass is 16.5. The molecule has 1 fully saturated rings. The highest BCUT2D eigenvalue weighted by molar-refractivity contribution is 5.40. The van der Waals surface area contributed by atoms with Crippen molar-refractivity contribution in [3.63, 3.8) is 0 Å². The van der Waals surface area contributed by atoms with Crippen LogP contribution in [0.2, 0.25) is 0 Å². The first-order chi connectivity index (χ1) is 9.65. The van der Waals surface area contributed by atoms with Crippen molar-refractivity contribution in [3.05, 3.63) is 12.3 Å². The zero-order valence-electron chi connectivity index (χ0n) is 12.1. The lowest BCUT2D eigenvalue weighted by molar-refractivity contribution is 0.0171. The smallest absolute Gasteiger partial charge is 0.224 e. The molecule has 0 amide bonds. The summed E-state index contributed by atoms with van der Waals surface area (Å²) in [5, 5.41) is 13.1. The predicted octanol–water partition coefficient (Wildman–Crippen LogP) is -0.352. The Morgan fingerprint density at radius 1 is 1.45 bits per heavy atom. The number of aliphatic hydroxyl groups is 1. The van der Waals surface area contributed by atoms with E-state index in [1.54, 1.807) is 6.20 Å². The highest BCUT2D eigenvalue weighted by Crippen LogP contribution is 2.08. The molecule has 1 atom stereocenters. The van der Waals surface area contributed by atoms with Gasteiger partial charge in [-0.3, -0.25) is 4.90 Å². The number of nitrogens with one attached hydrogen (secondary N) is 1. The molecule has 7 nitrogen and oxygen atoms in total. The lowest BCUT2D eigenvalue weighted by atomic mass is 10.3. The van der Waals surface area contributed by atoms with Crippen molar-refractivity contribution < 1.29 is 9.84 Å². The second-order valence-electron chi connectivity index (χ2n) is 5.08. The van der Waals surface area contributed by atoms with Crippen molar-refractivity contribution in [2.75, 3.05) is 63.7 Å². The van der Waals surface area contributed by atoms with Gasteiger partial charge in [0.15, 0.2) is 0 Å². The van der Waals surface area contributed by atoms with Crippen LogP contribution in [-0.2, 0) is 4.74 Å². The predicted molar refractivity (Wildman–Crippen MR) is 78.1 cm³/mol. The minimum Gasteiger partial charge on any atom is -0.390 e. The number of morpholine rings is 1. The Morgan fingerprint density at radius 2 is 2.20 bits per heavy atom. The van der Waals surface area contributed by atoms with Crippen LogP contribution in [0, 0.1) is 0 Å². The first-order valence-corrected chi connectivity index (χ1v) is 6.87. The maximum atomic E-state index is 10.0. The SMILES string of the molecule is CN(C)c1ccnc(NCC(O)CN2CCOCC2)n1. The van der Waals surface area contributed by atoms with E-state index in [0.29, 0.717) is 19.0 Å². The number of anilines is 2. The van der Waals surface area contributed by atoms with Gasteiger partial charge in [-0.05, 0) is 6.07 Å². The Morgan fingerprint density at radius 3 is 2.90 bits per heavy atom. The summed E-state index contributed by atoms with van der Waals surface area (Å²) in [5.41, 5.74) is 0. The third kappa shape index (κ3) is 4.59. The van der Waals surface area contributed by atoms with E-state index in [-0.39, 0.29) is 0 Å². The summed E-state index contributed by atoms with van der Waals surface area (Å²) < 4.78 is 5.28. The van der Waals surface area contributed by atoms with Gasteiger partial charge in [-0.1, -0.05) is 0 Å². The minimum absolute atomic E-state index is 0.439. The molecule has 2 rings (SSSR count). The number of β-amino-alcohol motifs (C(OH)–C–C–N with tert-alkyl or cyclic N) is 1. The third-order valence-corrected chi connectivity index (χ3v) is 3.17. The molecule has 7 heteroatoms. The van der Waals surface area contributed by atoms with Crippen LogP contribution in [0.25, 0.3) is 0 Å². The van der Waals surface area contributed by atoms with Gasteiger partial charge < -0.3 is 20.1 Å². The summed E-state index contributed by atoms with van der Waals surface area (Å²) in [6.07, 6.45) is 1.26. The fourth-order valence-corrected chi connectivity index (χ4v) is 2.04. The Hall–Kier alpha value is -1.44. The average Bonchev–Trinajstić information content (AvgIpc) is 2.46. The molecule has 0 saturated carbocycles. The van der Waals surface area contributed by atoms with Crippen LogP contribution in [0.15, 0.2) is 12.3 Å². The molecule has 0 spiro atoms. The van der Waals surface area contributed by atoms with Crippen molar-refractivity contribution >= 4 is 11.8 Å². The van der Waals surface area contributed by atoms with E-state index in [1.807, 2.05) is 25.1 Å². The number of aromatic nitrogens is 2. The van der Waals surface area contributed by atoms with E-state index in [4.69, 9.17) is 4.74 Å². The Balaban J connectivity index is 1.77. The van der Waals surface area contributed by atoms with Crippen molar-refractivity contribution in [1.29, 1.82) is 0 Å². The number of hydrogen-bond acceptors (Lipinski definition) is 7. The zero-order valence-corrected chi connectivity index (χ0v) is 12.1. The maximum absolute atomic E-state index is 10.0. The fourth-order valence-electron chi connectivity index (χ4n) is 2.04. The monoisotopic (exact) mass is 281 g/mol. The number of ether oxygens (including phenoxy) is 1. The molecular weight excluding hydrogens is 258 g/mol. The van der Waals surface area contributed by atoms with E-state index >= 15 is 0 Å². The van der Waals surface area contributed by atoms with Crippen molar-refractivity contribution in [1.82, 2.24) is 14.9 Å². The molecule has 0 bridgehead atoms. The van der Waals surface area contributed by atoms with Gasteiger partial charge in [0.05, 0.1) is 19.3 Å². The van der Waals surface area contributed by atoms with Gasteiger partial charge in [-0.2, -0.15) is 4.98 Å². The molecule has 1 aromatic rings. The molecule has 2 N–H and O–H groups in total. The van der Waals surface area contributed by atoms with Crippen LogP contribution in [-0.4, -0.2) is 79.6 Å². The molecule has 1 saturated heterocycles. The Kier molecular flexibility index (Phi) is 5.51. The van der Waals surface area contributed by atoms with Crippen LogP contribution >= 0.6 is 0 Å². The van der Waals surface area contributed by atoms with Gasteiger partial charge >= 0.3 is 0 Å². The maximum Gasteiger partial charge on any atom is 0.224 e. The summed E-state index contributed by atoms with van der Waals surface area (Å²) in [6.45, 7) is 4.33. The molecule has 0 radical (unpaired) electrons. The molecule has 0 aromatic carbocycles. The zero-order chi connectivity index (χ0) is 14.4. The molecule has 20 heavy (non-hydrogen) atoms. The molecule has 1 aromatic heterocycles. The molecular formula is C13H23N5O2. The molecule has 2 heterocycles. The summed E-state index contributed by atoms with van der Waals surface area (Å²) in [5.74, 6) is 1.38. The Labute approximate surface area is 119 Å². The third-order valence-electron chi connectivity index (χ3n) is 3.17. The van der Waals surface area contributed by atoms with Crippen LogP contribution in [0.3, 0.4) is 0 Å². The summed E-state index contributed by atoms with van der Waals surface area (Å²) in [6, 6.07) is 1.84. The largest absolute Gasteiger partial charge is 0.390 e. The lowest BCUT2D eigenvalue weighted by Gasteiger charge is -2.28. The molecule has 1 aliphatic heterocycles. The standard InChI is InChI=1S/C13H23N5O2/c1-17(2)12-3-4-14-13(16-12)15-9-11(19)10-18-5-7-20-8-6-18/h3-4,11,19H,5-10H2,1-2H3,(H,14,15,16). The molecule has 112 valence electrons. The lowest BCUT2D eigenvalue weighted by Crippen LogP contribution is -2.42. The van der Waals surface area contributed by atoms with Crippen LogP contribution in [0.4, 0.5) is 11.8 Å². The van der Waals surface area contributed by atoms with Gasteiger partial charge in [0.2, 0.25) is 5.95 Å². The van der Waals surface area contributed by atoms with E-state index in [9.17, 15) is 5.11 Å². The van der Waals surface area contributed by atoms with Gasteiger partial charge in [-0.15, -0.1) is 0 Å². The first-order valence-electron chi connectivity index (χ1n) is 6.87. The Bertz CT molecular complexity index is 410. The van der Waals surface area contributed by atoms with Crippen LogP contribution in [0.1, 0.15) is 0 Å². The van der Waals surface area contributed by atoms with Crippen molar-refractivity contribution in [2.45, 2.75) is 6.10 Å². The van der Waals surface area contributed by atoms with Gasteiger partial charge in [0, 0.05) is 46.5 Å². The van der Waals surface area contributed by atoms with Gasteiger partial charge in [0.25, 0.3) is 0 Å². The van der Waals surface area contributed by atoms with Gasteiger partial charge in [-0.25, -0.2) is 4.98 Å². The normalized spacial score (nSPS) is 17.8. The van der Waals surface area contributed by atoms with Crippen LogP contribution in [0.5, 0.6) is 0 Å². The number of nitrogens with zero attached hydrogens (tertiary/aromatic N) is 4. The number of hydrogen-bond donors (Lipinski definition) is 2. The summed E-state index contributed by atoms with van der Waals surface area (Å²) >= 11 is 0. The van der Waals surface area contributed by atoms with Crippen LogP contribution < -0.4 is 10.2 Å².